The van der Waals surface area contributed by atoms with Crippen molar-refractivity contribution in [3.8, 4) is 34.5 Å². The molecule has 10 rings (SSSR count). The number of nitrogens with zero attached hydrogens (tertiary/aromatic N) is 1. The van der Waals surface area contributed by atoms with Crippen molar-refractivity contribution in [2.75, 3.05) is 26.2 Å². The number of nitrogens with one attached hydrogen (secondary N) is 3. The number of carbonyl (C=O) groups excluding carboxylic acids is 2. The Morgan fingerprint density at radius 3 is 2.67 bits per heavy atom. The van der Waals surface area contributed by atoms with E-state index in [2.05, 4.69) is 15.6 Å². The summed E-state index contributed by atoms with van der Waals surface area (Å²) in [6.45, 7) is 7.41. The molecule has 2 saturated heterocycles. The van der Waals surface area contributed by atoms with Gasteiger partial charge in [-0.15, -0.1) is 11.8 Å². The van der Waals surface area contributed by atoms with Crippen LogP contribution >= 0.6 is 11.8 Å². The molecular weight excluding hydrogens is 729 g/mol. The van der Waals surface area contributed by atoms with Crippen molar-refractivity contribution in [1.29, 1.82) is 0 Å². The number of carbonyl (C=O) groups is 2. The fourth-order valence-corrected chi connectivity index (χ4v) is 12.1. The Kier molecular flexibility index (Phi) is 7.54. The topological polar surface area (TPSA) is 184 Å². The number of hydrogen-bond donors (Lipinski definition) is 6. The summed E-state index contributed by atoms with van der Waals surface area (Å²) in [7, 11) is 1.52. The lowest BCUT2D eigenvalue weighted by atomic mass is 9.72. The van der Waals surface area contributed by atoms with Gasteiger partial charge in [-0.2, -0.15) is 0 Å². The number of phenolic OH excluding ortho intramolecular Hbond substituents is 2. The zero-order valence-corrected chi connectivity index (χ0v) is 31.8. The number of aromatic hydroxyl groups is 2. The SMILES string of the molecule is CC[C@H]1c2c3c(c(C)c(OC(C)=O)c2[C@]2(OC(=O)[C@]4(CS2)NCCc2c4[nH]c4ccc(O)cc24)C2C4NC(Cc5cc(C)c(OC)c(O)c54)[C@H](O)N21)OCO3. The second-order valence-electron chi connectivity index (χ2n) is 15.4. The minimum Gasteiger partial charge on any atom is -0.508 e. The highest BCUT2D eigenvalue weighted by molar-refractivity contribution is 8.00. The minimum absolute atomic E-state index is 0.0237. The first kappa shape index (κ1) is 34.8. The molecule has 288 valence electrons. The monoisotopic (exact) mass is 770 g/mol. The third-order valence-electron chi connectivity index (χ3n) is 12.5. The van der Waals surface area contributed by atoms with Gasteiger partial charge in [-0.05, 0) is 68.0 Å². The number of phenols is 2. The van der Waals surface area contributed by atoms with Gasteiger partial charge in [0.2, 0.25) is 11.7 Å². The lowest BCUT2D eigenvalue weighted by Crippen LogP contribution is -2.74. The number of benzene rings is 3. The molecule has 7 atom stereocenters. The number of aromatic nitrogens is 1. The summed E-state index contributed by atoms with van der Waals surface area (Å²) in [5.74, 6) is 0.573. The summed E-state index contributed by atoms with van der Waals surface area (Å²) in [5, 5.41) is 42.9. The molecular formula is C40H42N4O10S. The van der Waals surface area contributed by atoms with Crippen LogP contribution in [0.5, 0.6) is 34.5 Å². The molecule has 0 saturated carbocycles. The third kappa shape index (κ3) is 4.46. The maximum absolute atomic E-state index is 15.3. The molecule has 6 aliphatic rings. The molecule has 14 nitrogen and oxygen atoms in total. The van der Waals surface area contributed by atoms with Crippen molar-refractivity contribution in [3.63, 3.8) is 0 Å². The van der Waals surface area contributed by atoms with Crippen LogP contribution in [0.4, 0.5) is 0 Å². The van der Waals surface area contributed by atoms with Gasteiger partial charge in [-0.1, -0.05) is 13.0 Å². The Bertz CT molecular complexity index is 2360. The van der Waals surface area contributed by atoms with Crippen LogP contribution in [0.25, 0.3) is 10.9 Å². The van der Waals surface area contributed by atoms with Crippen molar-refractivity contribution >= 4 is 34.6 Å². The number of piperazine rings is 1. The van der Waals surface area contributed by atoms with Crippen molar-refractivity contribution in [3.05, 3.63) is 68.9 Å². The van der Waals surface area contributed by atoms with E-state index in [1.54, 1.807) is 25.1 Å². The average Bonchev–Trinajstić information content (AvgIpc) is 3.80. The third-order valence-corrected chi connectivity index (χ3v) is 14.1. The van der Waals surface area contributed by atoms with E-state index >= 15 is 4.79 Å². The number of methoxy groups -OCH3 is 1. The normalized spacial score (nSPS) is 30.1. The molecule has 4 aromatic rings. The van der Waals surface area contributed by atoms with E-state index in [1.165, 1.54) is 25.8 Å². The van der Waals surface area contributed by atoms with Gasteiger partial charge in [-0.3, -0.25) is 15.0 Å². The second kappa shape index (κ2) is 11.9. The van der Waals surface area contributed by atoms with Gasteiger partial charge < -0.3 is 49.3 Å². The van der Waals surface area contributed by atoms with E-state index in [0.717, 1.165) is 27.6 Å². The summed E-state index contributed by atoms with van der Waals surface area (Å²) in [6.07, 6.45) is 0.478. The molecule has 3 aromatic carbocycles. The Morgan fingerprint density at radius 2 is 1.93 bits per heavy atom. The lowest BCUT2D eigenvalue weighted by molar-refractivity contribution is -0.197. The number of fused-ring (bicyclic) bond motifs is 15. The molecule has 2 bridgehead atoms. The number of rotatable bonds is 3. The predicted molar refractivity (Wildman–Crippen MR) is 200 cm³/mol. The highest BCUT2D eigenvalue weighted by Crippen LogP contribution is 2.67. The first-order valence-electron chi connectivity index (χ1n) is 18.7. The molecule has 0 aliphatic carbocycles. The lowest BCUT2D eigenvalue weighted by Gasteiger charge is -2.63. The number of aliphatic hydroxyl groups excluding tert-OH is 1. The Labute approximate surface area is 320 Å². The number of aliphatic hydroxyl groups is 1. The molecule has 3 unspecified atom stereocenters. The van der Waals surface area contributed by atoms with Crippen LogP contribution < -0.4 is 29.6 Å². The van der Waals surface area contributed by atoms with E-state index in [0.29, 0.717) is 71.0 Å². The molecule has 6 N–H and O–H groups in total. The molecule has 0 radical (unpaired) electrons. The summed E-state index contributed by atoms with van der Waals surface area (Å²) in [4.78, 5) is 32.2. The van der Waals surface area contributed by atoms with Crippen LogP contribution in [0, 0.1) is 13.8 Å². The fraction of sp³-hybridized carbons (Fsp3) is 0.450. The Balaban J connectivity index is 1.25. The van der Waals surface area contributed by atoms with Crippen LogP contribution in [0.3, 0.4) is 0 Å². The largest absolute Gasteiger partial charge is 0.508 e. The van der Waals surface area contributed by atoms with Crippen LogP contribution in [0.15, 0.2) is 24.3 Å². The number of hydrogen-bond acceptors (Lipinski definition) is 14. The average molecular weight is 771 g/mol. The van der Waals surface area contributed by atoms with Gasteiger partial charge in [0.05, 0.1) is 36.5 Å². The van der Waals surface area contributed by atoms with Gasteiger partial charge in [0.1, 0.15) is 17.7 Å². The van der Waals surface area contributed by atoms with Gasteiger partial charge in [0, 0.05) is 52.9 Å². The second-order valence-corrected chi connectivity index (χ2v) is 16.6. The van der Waals surface area contributed by atoms with Crippen molar-refractivity contribution in [1.82, 2.24) is 20.5 Å². The first-order chi connectivity index (χ1) is 26.4. The molecule has 2 fully saturated rings. The summed E-state index contributed by atoms with van der Waals surface area (Å²) < 4.78 is 31.2. The number of ether oxygens (including phenoxy) is 5. The molecule has 0 amide bonds. The van der Waals surface area contributed by atoms with Crippen LogP contribution in [0.2, 0.25) is 0 Å². The minimum atomic E-state index is -1.65. The van der Waals surface area contributed by atoms with Crippen molar-refractivity contribution in [2.24, 2.45) is 0 Å². The van der Waals surface area contributed by atoms with Crippen LogP contribution in [-0.2, 0) is 37.6 Å². The smallest absolute Gasteiger partial charge is 0.335 e. The number of thioether (sulfide) groups is 1. The summed E-state index contributed by atoms with van der Waals surface area (Å²) >= 11 is 1.38. The zero-order valence-electron chi connectivity index (χ0n) is 31.0. The van der Waals surface area contributed by atoms with Crippen molar-refractivity contribution in [2.45, 2.75) is 87.8 Å². The highest BCUT2D eigenvalue weighted by atomic mass is 32.2. The van der Waals surface area contributed by atoms with E-state index in [9.17, 15) is 20.1 Å². The summed E-state index contributed by atoms with van der Waals surface area (Å²) in [6, 6.07) is 4.60. The number of aromatic amines is 1. The maximum atomic E-state index is 15.3. The Hall–Kier alpha value is -4.67. The van der Waals surface area contributed by atoms with E-state index in [1.807, 2.05) is 24.8 Å². The van der Waals surface area contributed by atoms with Crippen LogP contribution in [-0.4, -0.2) is 81.7 Å². The Morgan fingerprint density at radius 1 is 1.13 bits per heavy atom. The molecule has 55 heavy (non-hydrogen) atoms. The maximum Gasteiger partial charge on any atom is 0.335 e. The van der Waals surface area contributed by atoms with Gasteiger partial charge in [0.25, 0.3) is 0 Å². The highest BCUT2D eigenvalue weighted by Gasteiger charge is 2.69. The molecule has 1 aromatic heterocycles. The molecule has 6 aliphatic heterocycles. The van der Waals surface area contributed by atoms with Gasteiger partial charge in [-0.25, -0.2) is 4.79 Å². The first-order valence-corrected chi connectivity index (χ1v) is 19.6. The molecule has 2 spiro atoms. The zero-order chi connectivity index (χ0) is 38.3. The van der Waals surface area contributed by atoms with Crippen LogP contribution in [0.1, 0.15) is 77.0 Å². The van der Waals surface area contributed by atoms with Crippen molar-refractivity contribution < 1.29 is 48.6 Å². The predicted octanol–water partition coefficient (Wildman–Crippen LogP) is 4.07. The standard InChI is InChI=1S/C40H42N4O10S/c1-6-25-27-28(32(53-18(4)45)17(3)33-34(27)52-15-51-33)40(36-29-26-19(11-16(2)31(50-5)30(26)47)12-24(42-29)37(48)44(25)36)54-38(49)39(14-55-40)35-21(9-10-41-39)22-13-20(46)7-8-23(22)43-35/h7-8,11,13,24-25,29,36-37,41-43,46-48H,6,9-10,12,14-15H2,1-5H3/t24?,25-,29?,36?,37-,39+,40+/m0/s1. The quantitative estimate of drug-likeness (QED) is 0.130. The molecule has 15 heteroatoms. The van der Waals surface area contributed by atoms with E-state index in [4.69, 9.17) is 23.7 Å². The van der Waals surface area contributed by atoms with Gasteiger partial charge in [0.15, 0.2) is 28.5 Å². The number of H-pyrrole nitrogens is 1. The molecule has 7 heterocycles. The van der Waals surface area contributed by atoms with E-state index in [-0.39, 0.29) is 29.8 Å². The summed E-state index contributed by atoms with van der Waals surface area (Å²) in [5.41, 5.74) is 4.85. The fourth-order valence-electron chi connectivity index (χ4n) is 10.4. The number of aryl methyl sites for hydroxylation is 1. The van der Waals surface area contributed by atoms with E-state index < -0.39 is 52.8 Å². The van der Waals surface area contributed by atoms with Gasteiger partial charge >= 0.3 is 11.9 Å². The number of esters is 2.